The summed E-state index contributed by atoms with van der Waals surface area (Å²) < 4.78 is 0. The second kappa shape index (κ2) is 25.1. The molecule has 0 unspecified atom stereocenters. The average molecular weight is 382 g/mol. The van der Waals surface area contributed by atoms with Crippen LogP contribution in [0.15, 0.2) is 0 Å². The molecule has 0 aromatic rings. The number of rotatable bonds is 19. The van der Waals surface area contributed by atoms with Crippen molar-refractivity contribution in [2.75, 3.05) is 6.54 Å². The monoisotopic (exact) mass is 381 g/mol. The number of carbonyl (C=O) groups is 1. The molecule has 0 fully saturated rings. The van der Waals surface area contributed by atoms with Gasteiger partial charge < -0.3 is 4.84 Å². The normalized spacial score (nSPS) is 10.5. The number of hydroxylamine groups is 1. The standard InChI is InChI=1S/C21H43NO2.K.H/c1-3-5-6-7-8-9-10-11-12-13-14-15-16-17-18-19-20-22-24-21(23)4-2;;/h22H,3-20H2,1-2H3;;. The van der Waals surface area contributed by atoms with Crippen molar-refractivity contribution in [2.45, 2.75) is 123 Å². The van der Waals surface area contributed by atoms with Gasteiger partial charge in [0, 0.05) is 13.0 Å². The van der Waals surface area contributed by atoms with Gasteiger partial charge >= 0.3 is 57.4 Å². The summed E-state index contributed by atoms with van der Waals surface area (Å²) in [4.78, 5) is 15.7. The first-order valence-corrected chi connectivity index (χ1v) is 10.7. The third kappa shape index (κ3) is 25.1. The van der Waals surface area contributed by atoms with Gasteiger partial charge in [0.05, 0.1) is 0 Å². The van der Waals surface area contributed by atoms with Crippen LogP contribution in [0.5, 0.6) is 0 Å². The summed E-state index contributed by atoms with van der Waals surface area (Å²) in [7, 11) is 0. The Morgan fingerprint density at radius 1 is 0.640 bits per heavy atom. The van der Waals surface area contributed by atoms with Crippen LogP contribution < -0.4 is 5.48 Å². The molecule has 0 amide bonds. The molecule has 0 saturated carbocycles. The molecule has 0 bridgehead atoms. The number of hydrogen-bond acceptors (Lipinski definition) is 3. The van der Waals surface area contributed by atoms with Crippen LogP contribution >= 0.6 is 0 Å². The third-order valence-corrected chi connectivity index (χ3v) is 4.61. The minimum atomic E-state index is -0.175. The number of hydrogen-bond donors (Lipinski definition) is 1. The van der Waals surface area contributed by atoms with Gasteiger partial charge in [-0.15, -0.1) is 0 Å². The Morgan fingerprint density at radius 3 is 1.36 bits per heavy atom. The fourth-order valence-electron chi connectivity index (χ4n) is 2.95. The van der Waals surface area contributed by atoms with Gasteiger partial charge in [0.25, 0.3) is 0 Å². The second-order valence-electron chi connectivity index (χ2n) is 7.03. The minimum absolute atomic E-state index is 0. The van der Waals surface area contributed by atoms with Crippen LogP contribution in [-0.4, -0.2) is 63.9 Å². The van der Waals surface area contributed by atoms with Gasteiger partial charge in [-0.05, 0) is 6.42 Å². The van der Waals surface area contributed by atoms with Crippen molar-refractivity contribution in [3.05, 3.63) is 0 Å². The van der Waals surface area contributed by atoms with Crippen LogP contribution in [0, 0.1) is 0 Å². The molecule has 1 N–H and O–H groups in total. The van der Waals surface area contributed by atoms with E-state index in [0.717, 1.165) is 13.0 Å². The molecule has 25 heavy (non-hydrogen) atoms. The van der Waals surface area contributed by atoms with Crippen molar-refractivity contribution in [3.63, 3.8) is 0 Å². The summed E-state index contributed by atoms with van der Waals surface area (Å²) in [6.07, 6.45) is 22.5. The molecular formula is C21H44KNO2. The van der Waals surface area contributed by atoms with Crippen molar-refractivity contribution in [1.29, 1.82) is 0 Å². The summed E-state index contributed by atoms with van der Waals surface area (Å²) in [5.74, 6) is -0.175. The fourth-order valence-corrected chi connectivity index (χ4v) is 2.95. The summed E-state index contributed by atoms with van der Waals surface area (Å²) in [5.41, 5.74) is 2.74. The molecule has 0 aliphatic rings. The van der Waals surface area contributed by atoms with Crippen molar-refractivity contribution in [1.82, 2.24) is 5.48 Å². The van der Waals surface area contributed by atoms with Crippen LogP contribution in [0.2, 0.25) is 0 Å². The van der Waals surface area contributed by atoms with Crippen LogP contribution in [-0.2, 0) is 9.63 Å². The van der Waals surface area contributed by atoms with Gasteiger partial charge in [-0.1, -0.05) is 110 Å². The quantitative estimate of drug-likeness (QED) is 0.168. The predicted molar refractivity (Wildman–Crippen MR) is 111 cm³/mol. The summed E-state index contributed by atoms with van der Waals surface area (Å²) in [6.45, 7) is 4.87. The molecule has 3 nitrogen and oxygen atoms in total. The zero-order valence-electron chi connectivity index (χ0n) is 16.5. The number of unbranched alkanes of at least 4 members (excludes halogenated alkanes) is 15. The Hall–Kier alpha value is 1.07. The Morgan fingerprint density at radius 2 is 1.00 bits per heavy atom. The Bertz CT molecular complexity index is 262. The van der Waals surface area contributed by atoms with E-state index in [2.05, 4.69) is 12.4 Å². The SMILES string of the molecule is CCCCCCCCCCCCCCCCCCNOC(=O)CC.[KH]. The molecule has 0 aliphatic heterocycles. The molecule has 4 heteroatoms. The first-order valence-electron chi connectivity index (χ1n) is 10.7. The fraction of sp³-hybridized carbons (Fsp3) is 0.952. The van der Waals surface area contributed by atoms with E-state index in [-0.39, 0.29) is 57.4 Å². The molecule has 0 atom stereocenters. The van der Waals surface area contributed by atoms with Crippen molar-refractivity contribution in [2.24, 2.45) is 0 Å². The first kappa shape index (κ1) is 28.3. The van der Waals surface area contributed by atoms with E-state index in [0.29, 0.717) is 6.42 Å². The van der Waals surface area contributed by atoms with Crippen molar-refractivity contribution >= 4 is 57.4 Å². The van der Waals surface area contributed by atoms with Crippen LogP contribution in [0.3, 0.4) is 0 Å². The average Bonchev–Trinajstić information content (AvgIpc) is 2.60. The van der Waals surface area contributed by atoms with E-state index in [1.165, 1.54) is 96.3 Å². The van der Waals surface area contributed by atoms with Gasteiger partial charge in [-0.3, -0.25) is 4.79 Å². The molecule has 0 saturated heterocycles. The Labute approximate surface area is 200 Å². The van der Waals surface area contributed by atoms with E-state index >= 15 is 0 Å². The van der Waals surface area contributed by atoms with Crippen LogP contribution in [0.4, 0.5) is 0 Å². The topological polar surface area (TPSA) is 38.3 Å². The van der Waals surface area contributed by atoms with E-state index in [9.17, 15) is 4.79 Å². The maximum atomic E-state index is 10.9. The molecule has 0 aromatic carbocycles. The van der Waals surface area contributed by atoms with Crippen LogP contribution in [0.1, 0.15) is 123 Å². The zero-order valence-corrected chi connectivity index (χ0v) is 16.5. The molecular weight excluding hydrogens is 337 g/mol. The van der Waals surface area contributed by atoms with Crippen molar-refractivity contribution in [3.8, 4) is 0 Å². The zero-order chi connectivity index (χ0) is 17.7. The van der Waals surface area contributed by atoms with Gasteiger partial charge in [0.1, 0.15) is 0 Å². The van der Waals surface area contributed by atoms with Gasteiger partial charge in [0.15, 0.2) is 0 Å². The first-order chi connectivity index (χ1) is 11.8. The maximum absolute atomic E-state index is 10.9. The van der Waals surface area contributed by atoms with E-state index < -0.39 is 0 Å². The third-order valence-electron chi connectivity index (χ3n) is 4.61. The van der Waals surface area contributed by atoms with Crippen molar-refractivity contribution < 1.29 is 9.63 Å². The van der Waals surface area contributed by atoms with E-state index in [4.69, 9.17) is 4.84 Å². The molecule has 0 aromatic heterocycles. The van der Waals surface area contributed by atoms with Gasteiger partial charge in [-0.2, -0.15) is 5.48 Å². The van der Waals surface area contributed by atoms with Crippen LogP contribution in [0.25, 0.3) is 0 Å². The molecule has 0 heterocycles. The van der Waals surface area contributed by atoms with Gasteiger partial charge in [-0.25, -0.2) is 0 Å². The predicted octanol–water partition coefficient (Wildman–Crippen LogP) is 6.06. The van der Waals surface area contributed by atoms with E-state index in [1.54, 1.807) is 6.92 Å². The molecule has 0 rings (SSSR count). The molecule has 0 spiro atoms. The summed E-state index contributed by atoms with van der Waals surface area (Å²) >= 11 is 0. The van der Waals surface area contributed by atoms with Gasteiger partial charge in [0.2, 0.25) is 0 Å². The second-order valence-corrected chi connectivity index (χ2v) is 7.03. The number of carbonyl (C=O) groups excluding carboxylic acids is 1. The Kier molecular flexibility index (Phi) is 28.4. The number of nitrogens with one attached hydrogen (secondary N) is 1. The Balaban J connectivity index is 0. The molecule has 146 valence electrons. The summed E-state index contributed by atoms with van der Waals surface area (Å²) in [5, 5.41) is 0. The molecule has 0 radical (unpaired) electrons. The summed E-state index contributed by atoms with van der Waals surface area (Å²) in [6, 6.07) is 0. The van der Waals surface area contributed by atoms with E-state index in [1.807, 2.05) is 0 Å². The molecule has 0 aliphatic carbocycles.